The smallest absolute Gasteiger partial charge is 0.234 e. The number of carbonyl (C=O) groups excluding carboxylic acids is 1. The minimum Gasteiger partial charge on any atom is -0.396 e. The molecule has 4 N–H and O–H groups in total. The quantitative estimate of drug-likeness (QED) is 0.489. The summed E-state index contributed by atoms with van der Waals surface area (Å²) in [5, 5.41) is 11.8. The van der Waals surface area contributed by atoms with Gasteiger partial charge in [0.15, 0.2) is 0 Å². The van der Waals surface area contributed by atoms with Crippen LogP contribution in [-0.2, 0) is 4.79 Å². The van der Waals surface area contributed by atoms with E-state index < -0.39 is 0 Å². The molecule has 1 atom stereocenters. The summed E-state index contributed by atoms with van der Waals surface area (Å²) in [7, 11) is 0. The van der Waals surface area contributed by atoms with E-state index in [2.05, 4.69) is 5.32 Å². The summed E-state index contributed by atoms with van der Waals surface area (Å²) >= 11 is 1.65. The highest BCUT2D eigenvalue weighted by Gasteiger charge is 2.26. The maximum absolute atomic E-state index is 11.0. The third-order valence-corrected chi connectivity index (χ3v) is 3.14. The fourth-order valence-corrected chi connectivity index (χ4v) is 1.95. The second-order valence-corrected chi connectivity index (χ2v) is 4.75. The molecule has 0 heterocycles. The van der Waals surface area contributed by atoms with Crippen LogP contribution in [0.15, 0.2) is 0 Å². The van der Waals surface area contributed by atoms with Gasteiger partial charge in [0.05, 0.1) is 12.6 Å². The van der Waals surface area contributed by atoms with E-state index in [0.717, 1.165) is 30.8 Å². The Morgan fingerprint density at radius 1 is 1.57 bits per heavy atom. The molecule has 1 saturated carbocycles. The molecular formula is C9H18N2O2S. The van der Waals surface area contributed by atoms with E-state index in [1.165, 1.54) is 0 Å². The Hall–Kier alpha value is -0.260. The number of hydrogen-bond acceptors (Lipinski definition) is 4. The monoisotopic (exact) mass is 218 g/mol. The number of thioether (sulfide) groups is 1. The average Bonchev–Trinajstić information content (AvgIpc) is 2.93. The molecule has 82 valence electrons. The molecule has 1 unspecified atom stereocenters. The SMILES string of the molecule is NC(=O)C(CCSCCO)NC1CC1. The standard InChI is InChI=1S/C9H18N2O2S/c10-9(13)8(11-7-1-2-7)3-5-14-6-4-12/h7-8,11-12H,1-6H2,(H2,10,13). The van der Waals surface area contributed by atoms with Crippen LogP contribution >= 0.6 is 11.8 Å². The van der Waals surface area contributed by atoms with Gasteiger partial charge in [0, 0.05) is 11.8 Å². The summed E-state index contributed by atoms with van der Waals surface area (Å²) in [5.41, 5.74) is 5.27. The molecule has 4 nitrogen and oxygen atoms in total. The van der Waals surface area contributed by atoms with Gasteiger partial charge in [-0.05, 0) is 25.0 Å². The first kappa shape index (κ1) is 11.8. The lowest BCUT2D eigenvalue weighted by atomic mass is 10.2. The van der Waals surface area contributed by atoms with Crippen LogP contribution < -0.4 is 11.1 Å². The summed E-state index contributed by atoms with van der Waals surface area (Å²) in [6, 6.07) is 0.323. The maximum Gasteiger partial charge on any atom is 0.234 e. The molecule has 0 spiro atoms. The summed E-state index contributed by atoms with van der Waals surface area (Å²) in [5.74, 6) is 1.34. The van der Waals surface area contributed by atoms with Crippen molar-refractivity contribution in [3.05, 3.63) is 0 Å². The van der Waals surface area contributed by atoms with Crippen molar-refractivity contribution < 1.29 is 9.90 Å². The average molecular weight is 218 g/mol. The molecule has 1 aliphatic rings. The topological polar surface area (TPSA) is 75.4 Å². The van der Waals surface area contributed by atoms with Crippen LogP contribution in [0.4, 0.5) is 0 Å². The molecule has 1 aliphatic carbocycles. The minimum atomic E-state index is -0.263. The van der Waals surface area contributed by atoms with Crippen molar-refractivity contribution in [1.82, 2.24) is 5.32 Å². The van der Waals surface area contributed by atoms with Crippen LogP contribution in [0.2, 0.25) is 0 Å². The number of aliphatic hydroxyl groups is 1. The lowest BCUT2D eigenvalue weighted by Crippen LogP contribution is -2.42. The second kappa shape index (κ2) is 6.27. The van der Waals surface area contributed by atoms with Crippen molar-refractivity contribution in [1.29, 1.82) is 0 Å². The van der Waals surface area contributed by atoms with Crippen molar-refractivity contribution in [3.63, 3.8) is 0 Å². The van der Waals surface area contributed by atoms with Gasteiger partial charge in [-0.25, -0.2) is 0 Å². The Morgan fingerprint density at radius 3 is 2.79 bits per heavy atom. The molecule has 0 aromatic heterocycles. The molecule has 0 bridgehead atoms. The predicted molar refractivity (Wildman–Crippen MR) is 58.2 cm³/mol. The van der Waals surface area contributed by atoms with Gasteiger partial charge in [-0.2, -0.15) is 11.8 Å². The van der Waals surface area contributed by atoms with E-state index in [-0.39, 0.29) is 18.6 Å². The number of nitrogens with one attached hydrogen (secondary N) is 1. The summed E-state index contributed by atoms with van der Waals surface area (Å²) in [6.45, 7) is 0.196. The molecule has 0 saturated heterocycles. The van der Waals surface area contributed by atoms with Crippen LogP contribution in [0, 0.1) is 0 Å². The molecule has 0 aromatic carbocycles. The number of aliphatic hydroxyl groups excluding tert-OH is 1. The summed E-state index contributed by atoms with van der Waals surface area (Å²) in [4.78, 5) is 11.0. The van der Waals surface area contributed by atoms with Crippen molar-refractivity contribution in [2.24, 2.45) is 5.73 Å². The van der Waals surface area contributed by atoms with Crippen LogP contribution in [-0.4, -0.2) is 41.2 Å². The Bertz CT molecular complexity index is 186. The lowest BCUT2D eigenvalue weighted by molar-refractivity contribution is -0.120. The fraction of sp³-hybridized carbons (Fsp3) is 0.889. The predicted octanol–water partition coefficient (Wildman–Crippen LogP) is -0.292. The largest absolute Gasteiger partial charge is 0.396 e. The fourth-order valence-electron chi connectivity index (χ4n) is 1.21. The van der Waals surface area contributed by atoms with Gasteiger partial charge in [-0.15, -0.1) is 0 Å². The van der Waals surface area contributed by atoms with Gasteiger partial charge in [0.1, 0.15) is 0 Å². The first-order valence-electron chi connectivity index (χ1n) is 4.98. The van der Waals surface area contributed by atoms with Gasteiger partial charge in [0.25, 0.3) is 0 Å². The van der Waals surface area contributed by atoms with Gasteiger partial charge in [-0.3, -0.25) is 4.79 Å². The zero-order valence-corrected chi connectivity index (χ0v) is 9.05. The molecule has 14 heavy (non-hydrogen) atoms. The van der Waals surface area contributed by atoms with Crippen LogP contribution in [0.25, 0.3) is 0 Å². The van der Waals surface area contributed by atoms with E-state index in [9.17, 15) is 4.79 Å². The molecule has 5 heteroatoms. The third kappa shape index (κ3) is 4.83. The summed E-state index contributed by atoms with van der Waals surface area (Å²) in [6.07, 6.45) is 3.08. The third-order valence-electron chi connectivity index (χ3n) is 2.14. The van der Waals surface area contributed by atoms with E-state index in [1.54, 1.807) is 11.8 Å². The number of rotatable bonds is 8. The number of primary amides is 1. The normalized spacial score (nSPS) is 18.1. The Morgan fingerprint density at radius 2 is 2.29 bits per heavy atom. The van der Waals surface area contributed by atoms with Gasteiger partial charge >= 0.3 is 0 Å². The second-order valence-electron chi connectivity index (χ2n) is 3.52. The maximum atomic E-state index is 11.0. The van der Waals surface area contributed by atoms with E-state index in [4.69, 9.17) is 10.8 Å². The number of carbonyl (C=O) groups is 1. The van der Waals surface area contributed by atoms with E-state index in [1.807, 2.05) is 0 Å². The van der Waals surface area contributed by atoms with Gasteiger partial charge < -0.3 is 16.2 Å². The summed E-state index contributed by atoms with van der Waals surface area (Å²) < 4.78 is 0. The Kier molecular flexibility index (Phi) is 5.29. The van der Waals surface area contributed by atoms with Crippen molar-refractivity contribution >= 4 is 17.7 Å². The molecule has 1 rings (SSSR count). The molecular weight excluding hydrogens is 200 g/mol. The molecule has 0 aliphatic heterocycles. The highest BCUT2D eigenvalue weighted by Crippen LogP contribution is 2.20. The zero-order valence-electron chi connectivity index (χ0n) is 8.24. The minimum absolute atomic E-state index is 0.186. The molecule has 0 radical (unpaired) electrons. The van der Waals surface area contributed by atoms with Gasteiger partial charge in [-0.1, -0.05) is 0 Å². The lowest BCUT2D eigenvalue weighted by Gasteiger charge is -2.14. The van der Waals surface area contributed by atoms with Crippen molar-refractivity contribution in [2.75, 3.05) is 18.1 Å². The molecule has 0 aromatic rings. The van der Waals surface area contributed by atoms with Crippen LogP contribution in [0.3, 0.4) is 0 Å². The molecule has 1 amide bonds. The van der Waals surface area contributed by atoms with Crippen LogP contribution in [0.5, 0.6) is 0 Å². The zero-order chi connectivity index (χ0) is 10.4. The molecule has 1 fully saturated rings. The Labute approximate surface area is 88.6 Å². The highest BCUT2D eigenvalue weighted by molar-refractivity contribution is 7.99. The number of nitrogens with two attached hydrogens (primary N) is 1. The van der Waals surface area contributed by atoms with E-state index >= 15 is 0 Å². The Balaban J connectivity index is 2.10. The van der Waals surface area contributed by atoms with E-state index in [0.29, 0.717) is 6.04 Å². The first-order chi connectivity index (χ1) is 6.74. The number of amides is 1. The highest BCUT2D eigenvalue weighted by atomic mass is 32.2. The first-order valence-corrected chi connectivity index (χ1v) is 6.13. The van der Waals surface area contributed by atoms with Crippen molar-refractivity contribution in [3.8, 4) is 0 Å². The van der Waals surface area contributed by atoms with Crippen molar-refractivity contribution in [2.45, 2.75) is 31.3 Å². The van der Waals surface area contributed by atoms with Gasteiger partial charge in [0.2, 0.25) is 5.91 Å². The number of hydrogen-bond donors (Lipinski definition) is 3. The van der Waals surface area contributed by atoms with Crippen LogP contribution in [0.1, 0.15) is 19.3 Å².